The van der Waals surface area contributed by atoms with Crippen LogP contribution in [0.15, 0.2) is 4.47 Å². The molecule has 0 aliphatic carbocycles. The minimum Gasteiger partial charge on any atom is -0.372 e. The standard InChI is InChI=1S/C14H24BrN5/c1-9(2)12-11(15)14(16-3)18-13(17-12)10-8-19(4)6-7-20(10)5/h9-10H,6-8H2,1-5H3,(H,16,17,18). The van der Waals surface area contributed by atoms with Gasteiger partial charge in [0.05, 0.1) is 16.2 Å². The van der Waals surface area contributed by atoms with Crippen LogP contribution in [0, 0.1) is 0 Å². The van der Waals surface area contributed by atoms with Gasteiger partial charge in [-0.3, -0.25) is 4.90 Å². The maximum atomic E-state index is 4.82. The van der Waals surface area contributed by atoms with Crippen molar-refractivity contribution in [3.05, 3.63) is 16.0 Å². The Morgan fingerprint density at radius 1 is 1.25 bits per heavy atom. The molecule has 6 heteroatoms. The molecular formula is C14H24BrN5. The number of aromatic nitrogens is 2. The van der Waals surface area contributed by atoms with Crippen LogP contribution < -0.4 is 5.32 Å². The first-order valence-electron chi connectivity index (χ1n) is 7.08. The topological polar surface area (TPSA) is 44.3 Å². The molecule has 1 aromatic heterocycles. The summed E-state index contributed by atoms with van der Waals surface area (Å²) in [4.78, 5) is 14.2. The molecule has 1 atom stereocenters. The molecule has 2 rings (SSSR count). The summed E-state index contributed by atoms with van der Waals surface area (Å²) < 4.78 is 0.977. The maximum absolute atomic E-state index is 4.82. The molecule has 0 bridgehead atoms. The van der Waals surface area contributed by atoms with E-state index in [1.807, 2.05) is 7.05 Å². The minimum atomic E-state index is 0.256. The average Bonchev–Trinajstić information content (AvgIpc) is 2.41. The van der Waals surface area contributed by atoms with Crippen LogP contribution in [0.2, 0.25) is 0 Å². The van der Waals surface area contributed by atoms with Crippen LogP contribution in [0.4, 0.5) is 5.82 Å². The van der Waals surface area contributed by atoms with Crippen LogP contribution >= 0.6 is 15.9 Å². The number of piperazine rings is 1. The highest BCUT2D eigenvalue weighted by Crippen LogP contribution is 2.31. The largest absolute Gasteiger partial charge is 0.372 e. The SMILES string of the molecule is CNc1nc(C2CN(C)CCN2C)nc(C(C)C)c1Br. The zero-order valence-electron chi connectivity index (χ0n) is 12.9. The van der Waals surface area contributed by atoms with Gasteiger partial charge in [-0.25, -0.2) is 9.97 Å². The Morgan fingerprint density at radius 2 is 1.95 bits per heavy atom. The second-order valence-electron chi connectivity index (χ2n) is 5.79. The summed E-state index contributed by atoms with van der Waals surface area (Å²) >= 11 is 3.62. The number of anilines is 1. The van der Waals surface area contributed by atoms with Crippen LogP contribution in [0.3, 0.4) is 0 Å². The first-order valence-corrected chi connectivity index (χ1v) is 7.87. The summed E-state index contributed by atoms with van der Waals surface area (Å²) in [7, 11) is 6.20. The first-order chi connectivity index (χ1) is 9.43. The average molecular weight is 342 g/mol. The molecule has 0 spiro atoms. The van der Waals surface area contributed by atoms with Gasteiger partial charge in [0.25, 0.3) is 0 Å². The Hall–Kier alpha value is -0.720. The van der Waals surface area contributed by atoms with Gasteiger partial charge in [0.2, 0.25) is 0 Å². The molecule has 1 saturated heterocycles. The molecule has 5 nitrogen and oxygen atoms in total. The zero-order valence-corrected chi connectivity index (χ0v) is 14.5. The number of nitrogens with one attached hydrogen (secondary N) is 1. The highest BCUT2D eigenvalue weighted by atomic mass is 79.9. The molecular weight excluding hydrogens is 318 g/mol. The molecule has 1 N–H and O–H groups in total. The summed E-state index contributed by atoms with van der Waals surface area (Å²) in [5, 5.41) is 3.17. The van der Waals surface area contributed by atoms with Crippen LogP contribution in [0.5, 0.6) is 0 Å². The van der Waals surface area contributed by atoms with Crippen molar-refractivity contribution >= 4 is 21.7 Å². The zero-order chi connectivity index (χ0) is 14.9. The molecule has 2 heterocycles. The maximum Gasteiger partial charge on any atom is 0.149 e. The van der Waals surface area contributed by atoms with Crippen molar-refractivity contribution in [2.75, 3.05) is 46.1 Å². The van der Waals surface area contributed by atoms with Crippen molar-refractivity contribution in [1.82, 2.24) is 19.8 Å². The van der Waals surface area contributed by atoms with E-state index in [9.17, 15) is 0 Å². The number of halogens is 1. The number of rotatable bonds is 3. The van der Waals surface area contributed by atoms with Crippen molar-refractivity contribution in [1.29, 1.82) is 0 Å². The summed E-state index contributed by atoms with van der Waals surface area (Å²) in [6.07, 6.45) is 0. The minimum absolute atomic E-state index is 0.256. The molecule has 1 unspecified atom stereocenters. The van der Waals surface area contributed by atoms with Gasteiger partial charge in [-0.05, 0) is 35.9 Å². The van der Waals surface area contributed by atoms with E-state index in [0.29, 0.717) is 5.92 Å². The fourth-order valence-corrected chi connectivity index (χ4v) is 3.30. The fraction of sp³-hybridized carbons (Fsp3) is 0.714. The molecule has 0 amide bonds. The third kappa shape index (κ3) is 3.13. The molecule has 1 aliphatic heterocycles. The summed E-state index contributed by atoms with van der Waals surface area (Å²) in [6, 6.07) is 0.256. The summed E-state index contributed by atoms with van der Waals surface area (Å²) in [6.45, 7) is 7.44. The van der Waals surface area contributed by atoms with Gasteiger partial charge in [-0.2, -0.15) is 0 Å². The van der Waals surface area contributed by atoms with Crippen LogP contribution in [0.1, 0.15) is 37.3 Å². The van der Waals surface area contributed by atoms with E-state index in [4.69, 9.17) is 9.97 Å². The molecule has 1 fully saturated rings. The third-order valence-corrected chi connectivity index (χ3v) is 4.61. The van der Waals surface area contributed by atoms with E-state index in [1.165, 1.54) is 0 Å². The van der Waals surface area contributed by atoms with Gasteiger partial charge in [0.15, 0.2) is 0 Å². The highest BCUT2D eigenvalue weighted by molar-refractivity contribution is 9.10. The van der Waals surface area contributed by atoms with Crippen LogP contribution in [0.25, 0.3) is 0 Å². The molecule has 0 radical (unpaired) electrons. The molecule has 1 aromatic rings. The van der Waals surface area contributed by atoms with Crippen molar-refractivity contribution in [2.45, 2.75) is 25.8 Å². The molecule has 0 saturated carbocycles. The predicted molar refractivity (Wildman–Crippen MR) is 86.2 cm³/mol. The molecule has 20 heavy (non-hydrogen) atoms. The number of hydrogen-bond acceptors (Lipinski definition) is 5. The van der Waals surface area contributed by atoms with E-state index >= 15 is 0 Å². The van der Waals surface area contributed by atoms with Crippen molar-refractivity contribution in [3.8, 4) is 0 Å². The van der Waals surface area contributed by atoms with E-state index in [1.54, 1.807) is 0 Å². The van der Waals surface area contributed by atoms with Gasteiger partial charge in [-0.15, -0.1) is 0 Å². The Balaban J connectivity index is 2.42. The third-order valence-electron chi connectivity index (χ3n) is 3.83. The Bertz CT molecular complexity index is 477. The smallest absolute Gasteiger partial charge is 0.149 e. The van der Waals surface area contributed by atoms with E-state index in [-0.39, 0.29) is 6.04 Å². The lowest BCUT2D eigenvalue weighted by molar-refractivity contribution is 0.109. The highest BCUT2D eigenvalue weighted by Gasteiger charge is 2.27. The lowest BCUT2D eigenvalue weighted by Gasteiger charge is -2.37. The van der Waals surface area contributed by atoms with Crippen LogP contribution in [-0.2, 0) is 0 Å². The fourth-order valence-electron chi connectivity index (χ4n) is 2.47. The summed E-state index contributed by atoms with van der Waals surface area (Å²) in [5.41, 5.74) is 1.07. The second-order valence-corrected chi connectivity index (χ2v) is 6.59. The number of nitrogens with zero attached hydrogens (tertiary/aromatic N) is 4. The number of likely N-dealkylation sites (N-methyl/N-ethyl adjacent to an activating group) is 2. The molecule has 1 aliphatic rings. The predicted octanol–water partition coefficient (Wildman–Crippen LogP) is 2.32. The Kier molecular flexibility index (Phi) is 4.99. The normalized spacial score (nSPS) is 21.4. The molecule has 112 valence electrons. The number of hydrogen-bond donors (Lipinski definition) is 1. The first kappa shape index (κ1) is 15.7. The van der Waals surface area contributed by atoms with Crippen LogP contribution in [-0.4, -0.2) is 60.5 Å². The van der Waals surface area contributed by atoms with Crippen molar-refractivity contribution < 1.29 is 0 Å². The van der Waals surface area contributed by atoms with E-state index in [0.717, 1.165) is 41.4 Å². The second kappa shape index (κ2) is 6.37. The quantitative estimate of drug-likeness (QED) is 0.913. The van der Waals surface area contributed by atoms with Crippen molar-refractivity contribution in [2.24, 2.45) is 0 Å². The lowest BCUT2D eigenvalue weighted by Crippen LogP contribution is -2.45. The Labute approximate surface area is 129 Å². The van der Waals surface area contributed by atoms with Gasteiger partial charge in [0, 0.05) is 26.7 Å². The molecule has 0 aromatic carbocycles. The Morgan fingerprint density at radius 3 is 2.55 bits per heavy atom. The van der Waals surface area contributed by atoms with Gasteiger partial charge >= 0.3 is 0 Å². The van der Waals surface area contributed by atoms with E-state index < -0.39 is 0 Å². The van der Waals surface area contributed by atoms with Gasteiger partial charge in [0.1, 0.15) is 11.6 Å². The monoisotopic (exact) mass is 341 g/mol. The van der Waals surface area contributed by atoms with E-state index in [2.05, 4.69) is 59.0 Å². The van der Waals surface area contributed by atoms with Gasteiger partial charge < -0.3 is 10.2 Å². The van der Waals surface area contributed by atoms with Crippen molar-refractivity contribution in [3.63, 3.8) is 0 Å². The summed E-state index contributed by atoms with van der Waals surface area (Å²) in [5.74, 6) is 2.15. The lowest BCUT2D eigenvalue weighted by atomic mass is 10.1. The van der Waals surface area contributed by atoms with Gasteiger partial charge in [-0.1, -0.05) is 13.8 Å².